The van der Waals surface area contributed by atoms with E-state index in [4.69, 9.17) is 0 Å². The number of benzene rings is 1. The zero-order chi connectivity index (χ0) is 18.4. The number of anilines is 1. The summed E-state index contributed by atoms with van der Waals surface area (Å²) in [5, 5.41) is 6.52. The largest absolute Gasteiger partial charge is 0.354 e. The van der Waals surface area contributed by atoms with Crippen LogP contribution in [0.1, 0.15) is 45.1 Å². The summed E-state index contributed by atoms with van der Waals surface area (Å²) in [6, 6.07) is 8.67. The number of aliphatic imine (C=N–C) groups is 1. The fraction of sp³-hybridized carbons (Fsp3) is 0.619. The highest BCUT2D eigenvalue weighted by Gasteiger charge is 2.22. The number of nitrogens with one attached hydrogen (secondary N) is 2. The topological polar surface area (TPSA) is 56.7 Å². The second-order valence-corrected chi connectivity index (χ2v) is 7.94. The molecule has 6 heteroatoms. The summed E-state index contributed by atoms with van der Waals surface area (Å²) in [5.41, 5.74) is 2.45. The molecule has 1 amide bonds. The molecule has 2 heterocycles. The molecule has 0 saturated carbocycles. The molecule has 27 heavy (non-hydrogen) atoms. The first-order valence-electron chi connectivity index (χ1n) is 10.0. The van der Waals surface area contributed by atoms with Crippen LogP contribution in [-0.4, -0.2) is 42.9 Å². The number of hydrogen-bond acceptors (Lipinski definition) is 4. The van der Waals surface area contributed by atoms with Crippen LogP contribution in [0.2, 0.25) is 0 Å². The lowest BCUT2D eigenvalue weighted by Crippen LogP contribution is -2.38. The van der Waals surface area contributed by atoms with Gasteiger partial charge in [-0.05, 0) is 55.2 Å². The molecule has 1 aromatic carbocycles. The number of nitrogens with zero attached hydrogens (tertiary/aromatic N) is 2. The Balaban J connectivity index is 0.00000261. The van der Waals surface area contributed by atoms with Gasteiger partial charge in [0.15, 0.2) is 5.96 Å². The van der Waals surface area contributed by atoms with Crippen LogP contribution in [0.15, 0.2) is 29.3 Å². The number of likely N-dealkylation sites (tertiary alicyclic amines) is 1. The second kappa shape index (κ2) is 10.5. The van der Waals surface area contributed by atoms with Gasteiger partial charge in [0.1, 0.15) is 0 Å². The molecular weight excluding hydrogens is 360 g/mol. The van der Waals surface area contributed by atoms with Crippen molar-refractivity contribution < 1.29 is 4.79 Å². The average Bonchev–Trinajstić information content (AvgIpc) is 3.15. The minimum Gasteiger partial charge on any atom is -0.354 e. The van der Waals surface area contributed by atoms with Gasteiger partial charge in [0, 0.05) is 31.7 Å². The van der Waals surface area contributed by atoms with Gasteiger partial charge in [0.25, 0.3) is 0 Å². The van der Waals surface area contributed by atoms with Gasteiger partial charge in [0.2, 0.25) is 5.91 Å². The third-order valence-corrected chi connectivity index (χ3v) is 5.32. The molecule has 0 unspecified atom stereocenters. The van der Waals surface area contributed by atoms with E-state index in [1.54, 1.807) is 0 Å². The first-order chi connectivity index (χ1) is 12.6. The van der Waals surface area contributed by atoms with Crippen molar-refractivity contribution >= 4 is 30.0 Å². The summed E-state index contributed by atoms with van der Waals surface area (Å²) in [6.07, 6.45) is 5.05. The standard InChI is InChI=1S/C21H32N4O.ClH/c1-16(2)3-8-20(26)25-13-9-18(10-14-25)15-17-4-6-19(7-5-17)24-21-22-11-12-23-21;/h4-7,16,18H,3,8-15H2,1-2H3,(H2,22,23,24);1H. The molecule has 0 bridgehead atoms. The molecule has 2 aliphatic heterocycles. The second-order valence-electron chi connectivity index (χ2n) is 7.94. The van der Waals surface area contributed by atoms with E-state index >= 15 is 0 Å². The highest BCUT2D eigenvalue weighted by Crippen LogP contribution is 2.23. The Morgan fingerprint density at radius 2 is 1.96 bits per heavy atom. The predicted molar refractivity (Wildman–Crippen MR) is 115 cm³/mol. The van der Waals surface area contributed by atoms with Crippen molar-refractivity contribution in [2.75, 3.05) is 31.5 Å². The van der Waals surface area contributed by atoms with E-state index < -0.39 is 0 Å². The minimum absolute atomic E-state index is 0. The highest BCUT2D eigenvalue weighted by atomic mass is 35.5. The van der Waals surface area contributed by atoms with E-state index in [0.717, 1.165) is 63.5 Å². The molecule has 0 aliphatic carbocycles. The average molecular weight is 393 g/mol. The van der Waals surface area contributed by atoms with Crippen molar-refractivity contribution in [2.24, 2.45) is 16.8 Å². The lowest BCUT2D eigenvalue weighted by Gasteiger charge is -2.32. The van der Waals surface area contributed by atoms with Gasteiger partial charge in [-0.2, -0.15) is 0 Å². The minimum atomic E-state index is 0. The first-order valence-corrected chi connectivity index (χ1v) is 10.0. The molecule has 3 rings (SSSR count). The van der Waals surface area contributed by atoms with Gasteiger partial charge < -0.3 is 15.5 Å². The van der Waals surface area contributed by atoms with Crippen LogP contribution in [0.25, 0.3) is 0 Å². The van der Waals surface area contributed by atoms with Crippen LogP contribution in [0.5, 0.6) is 0 Å². The van der Waals surface area contributed by atoms with Crippen molar-refractivity contribution in [1.82, 2.24) is 10.2 Å². The molecule has 0 spiro atoms. The Kier molecular flexibility index (Phi) is 8.42. The Hall–Kier alpha value is -1.75. The lowest BCUT2D eigenvalue weighted by molar-refractivity contribution is -0.132. The Labute approximate surface area is 169 Å². The Morgan fingerprint density at radius 3 is 2.56 bits per heavy atom. The maximum atomic E-state index is 12.3. The number of piperidine rings is 1. The molecule has 5 nitrogen and oxygen atoms in total. The van der Waals surface area contributed by atoms with Crippen molar-refractivity contribution in [2.45, 2.75) is 46.0 Å². The summed E-state index contributed by atoms with van der Waals surface area (Å²) >= 11 is 0. The van der Waals surface area contributed by atoms with Crippen LogP contribution in [0.3, 0.4) is 0 Å². The van der Waals surface area contributed by atoms with Gasteiger partial charge in [-0.15, -0.1) is 12.4 Å². The Bertz CT molecular complexity index is 622. The number of rotatable bonds is 6. The van der Waals surface area contributed by atoms with Crippen LogP contribution in [0.4, 0.5) is 5.69 Å². The number of amides is 1. The van der Waals surface area contributed by atoms with E-state index in [0.29, 0.717) is 24.2 Å². The number of carbonyl (C=O) groups excluding carboxylic acids is 1. The molecule has 1 aromatic rings. The zero-order valence-electron chi connectivity index (χ0n) is 16.5. The fourth-order valence-corrected chi connectivity index (χ4v) is 3.63. The molecule has 1 fully saturated rings. The zero-order valence-corrected chi connectivity index (χ0v) is 17.4. The molecule has 2 N–H and O–H groups in total. The molecule has 0 radical (unpaired) electrons. The van der Waals surface area contributed by atoms with Crippen molar-refractivity contribution in [1.29, 1.82) is 0 Å². The monoisotopic (exact) mass is 392 g/mol. The summed E-state index contributed by atoms with van der Waals surface area (Å²) in [7, 11) is 0. The normalized spacial score (nSPS) is 17.3. The van der Waals surface area contributed by atoms with E-state index in [1.807, 2.05) is 0 Å². The smallest absolute Gasteiger partial charge is 0.222 e. The van der Waals surface area contributed by atoms with Crippen molar-refractivity contribution in [3.8, 4) is 0 Å². The quantitative estimate of drug-likeness (QED) is 0.776. The maximum Gasteiger partial charge on any atom is 0.222 e. The molecule has 2 aliphatic rings. The van der Waals surface area contributed by atoms with Gasteiger partial charge >= 0.3 is 0 Å². The number of guanidine groups is 1. The number of hydrogen-bond donors (Lipinski definition) is 2. The van der Waals surface area contributed by atoms with Gasteiger partial charge in [-0.1, -0.05) is 26.0 Å². The summed E-state index contributed by atoms with van der Waals surface area (Å²) < 4.78 is 0. The molecular formula is C21H33ClN4O. The Morgan fingerprint density at radius 1 is 1.26 bits per heavy atom. The number of carbonyl (C=O) groups is 1. The third-order valence-electron chi connectivity index (χ3n) is 5.32. The predicted octanol–water partition coefficient (Wildman–Crippen LogP) is 3.70. The van der Waals surface area contributed by atoms with E-state index in [1.165, 1.54) is 5.56 Å². The van der Waals surface area contributed by atoms with Crippen molar-refractivity contribution in [3.05, 3.63) is 29.8 Å². The lowest BCUT2D eigenvalue weighted by atomic mass is 9.90. The maximum absolute atomic E-state index is 12.3. The van der Waals surface area contributed by atoms with Crippen LogP contribution in [0, 0.1) is 11.8 Å². The van der Waals surface area contributed by atoms with Gasteiger partial charge in [-0.3, -0.25) is 9.79 Å². The fourth-order valence-electron chi connectivity index (χ4n) is 3.63. The van der Waals surface area contributed by atoms with E-state index in [-0.39, 0.29) is 12.4 Å². The van der Waals surface area contributed by atoms with Gasteiger partial charge in [0.05, 0.1) is 6.54 Å². The van der Waals surface area contributed by atoms with Crippen LogP contribution in [-0.2, 0) is 11.2 Å². The number of halogens is 1. The van der Waals surface area contributed by atoms with E-state index in [9.17, 15) is 4.79 Å². The molecule has 1 saturated heterocycles. The van der Waals surface area contributed by atoms with Gasteiger partial charge in [-0.25, -0.2) is 0 Å². The highest BCUT2D eigenvalue weighted by molar-refractivity contribution is 5.94. The SMILES string of the molecule is CC(C)CCC(=O)N1CCC(Cc2ccc(NC3=NCCN3)cc2)CC1.Cl. The van der Waals surface area contributed by atoms with Crippen LogP contribution < -0.4 is 10.6 Å². The van der Waals surface area contributed by atoms with Crippen molar-refractivity contribution in [3.63, 3.8) is 0 Å². The third kappa shape index (κ3) is 6.73. The molecule has 150 valence electrons. The first kappa shape index (κ1) is 21.5. The molecule has 0 aromatic heterocycles. The van der Waals surface area contributed by atoms with E-state index in [2.05, 4.69) is 58.6 Å². The van der Waals surface area contributed by atoms with Crippen LogP contribution >= 0.6 is 12.4 Å². The summed E-state index contributed by atoms with van der Waals surface area (Å²) in [4.78, 5) is 18.7. The molecule has 0 atom stereocenters. The summed E-state index contributed by atoms with van der Waals surface area (Å²) in [6.45, 7) is 7.97. The summed E-state index contributed by atoms with van der Waals surface area (Å²) in [5.74, 6) is 2.50.